The van der Waals surface area contributed by atoms with Crippen molar-refractivity contribution in [3.05, 3.63) is 29.3 Å². The highest BCUT2D eigenvalue weighted by Gasteiger charge is 2.13. The Kier molecular flexibility index (Phi) is 5.23. The zero-order chi connectivity index (χ0) is 13.7. The van der Waals surface area contributed by atoms with Crippen LogP contribution in [-0.2, 0) is 6.54 Å². The van der Waals surface area contributed by atoms with Crippen LogP contribution in [0.2, 0.25) is 0 Å². The lowest BCUT2D eigenvalue weighted by Crippen LogP contribution is -2.27. The summed E-state index contributed by atoms with van der Waals surface area (Å²) in [4.78, 5) is 2.52. The van der Waals surface area contributed by atoms with Crippen LogP contribution in [0.3, 0.4) is 0 Å². The van der Waals surface area contributed by atoms with Crippen molar-refractivity contribution in [2.45, 2.75) is 32.7 Å². The largest absolute Gasteiger partial charge is 0.496 e. The first-order valence-corrected chi connectivity index (χ1v) is 7.30. The molecule has 106 valence electrons. The van der Waals surface area contributed by atoms with Crippen LogP contribution in [0.1, 0.15) is 37.3 Å². The standard InChI is InChI=1S/C16H26N2O/c1-13(2)14-5-6-16(19-3)15(11-14)12-18-9-4-7-17-8-10-18/h5-6,11,13,17H,4,7-10,12H2,1-3H3. The molecule has 1 fully saturated rings. The molecule has 0 spiro atoms. The summed E-state index contributed by atoms with van der Waals surface area (Å²) in [7, 11) is 1.76. The fourth-order valence-electron chi connectivity index (χ4n) is 2.58. The van der Waals surface area contributed by atoms with E-state index in [1.165, 1.54) is 24.1 Å². The maximum absolute atomic E-state index is 5.51. The van der Waals surface area contributed by atoms with Crippen LogP contribution in [-0.4, -0.2) is 38.2 Å². The number of hydrogen-bond acceptors (Lipinski definition) is 3. The van der Waals surface area contributed by atoms with Gasteiger partial charge in [-0.3, -0.25) is 4.90 Å². The molecule has 0 amide bonds. The molecule has 0 aliphatic carbocycles. The van der Waals surface area contributed by atoms with Gasteiger partial charge in [-0.2, -0.15) is 0 Å². The Morgan fingerprint density at radius 3 is 2.84 bits per heavy atom. The van der Waals surface area contributed by atoms with Gasteiger partial charge in [-0.05, 0) is 37.1 Å². The lowest BCUT2D eigenvalue weighted by atomic mass is 10.00. The highest BCUT2D eigenvalue weighted by molar-refractivity contribution is 5.38. The molecule has 0 atom stereocenters. The molecular weight excluding hydrogens is 236 g/mol. The van der Waals surface area contributed by atoms with E-state index < -0.39 is 0 Å². The molecular formula is C16H26N2O. The molecule has 1 aliphatic heterocycles. The maximum Gasteiger partial charge on any atom is 0.123 e. The van der Waals surface area contributed by atoms with Gasteiger partial charge in [0.2, 0.25) is 0 Å². The minimum atomic E-state index is 0.565. The third kappa shape index (κ3) is 3.95. The molecule has 0 unspecified atom stereocenters. The molecule has 3 nitrogen and oxygen atoms in total. The predicted octanol–water partition coefficient (Wildman–Crippen LogP) is 2.61. The lowest BCUT2D eigenvalue weighted by Gasteiger charge is -2.21. The molecule has 0 aromatic heterocycles. The number of rotatable bonds is 4. The summed E-state index contributed by atoms with van der Waals surface area (Å²) in [5.41, 5.74) is 2.71. The number of hydrogen-bond donors (Lipinski definition) is 1. The Bertz CT molecular complexity index is 396. The Labute approximate surface area is 116 Å². The van der Waals surface area contributed by atoms with Gasteiger partial charge in [-0.15, -0.1) is 0 Å². The van der Waals surface area contributed by atoms with Crippen molar-refractivity contribution in [2.75, 3.05) is 33.3 Å². The highest BCUT2D eigenvalue weighted by atomic mass is 16.5. The quantitative estimate of drug-likeness (QED) is 0.902. The zero-order valence-corrected chi connectivity index (χ0v) is 12.4. The second kappa shape index (κ2) is 6.92. The zero-order valence-electron chi connectivity index (χ0n) is 12.4. The highest BCUT2D eigenvalue weighted by Crippen LogP contribution is 2.25. The van der Waals surface area contributed by atoms with Crippen LogP contribution in [0.5, 0.6) is 5.75 Å². The first kappa shape index (κ1) is 14.4. The number of benzene rings is 1. The summed E-state index contributed by atoms with van der Waals surface area (Å²) >= 11 is 0. The SMILES string of the molecule is COc1ccc(C(C)C)cc1CN1CCCNCC1. The van der Waals surface area contributed by atoms with Gasteiger partial charge in [-0.1, -0.05) is 26.0 Å². The van der Waals surface area contributed by atoms with Crippen molar-refractivity contribution in [3.8, 4) is 5.75 Å². The molecule has 0 saturated carbocycles. The van der Waals surface area contributed by atoms with E-state index in [0.29, 0.717) is 5.92 Å². The Morgan fingerprint density at radius 2 is 2.11 bits per heavy atom. The van der Waals surface area contributed by atoms with Gasteiger partial charge in [0.15, 0.2) is 0 Å². The Hall–Kier alpha value is -1.06. The van der Waals surface area contributed by atoms with Crippen LogP contribution in [0.4, 0.5) is 0 Å². The van der Waals surface area contributed by atoms with E-state index in [0.717, 1.165) is 31.9 Å². The van der Waals surface area contributed by atoms with E-state index in [4.69, 9.17) is 4.74 Å². The van der Waals surface area contributed by atoms with Gasteiger partial charge in [0.1, 0.15) is 5.75 Å². The van der Waals surface area contributed by atoms with Crippen molar-refractivity contribution in [2.24, 2.45) is 0 Å². The van der Waals surface area contributed by atoms with E-state index in [2.05, 4.69) is 42.3 Å². The van der Waals surface area contributed by atoms with E-state index in [1.807, 2.05) is 0 Å². The fourth-order valence-corrected chi connectivity index (χ4v) is 2.58. The number of ether oxygens (including phenoxy) is 1. The molecule has 1 heterocycles. The molecule has 0 radical (unpaired) electrons. The minimum Gasteiger partial charge on any atom is -0.496 e. The van der Waals surface area contributed by atoms with Crippen LogP contribution in [0, 0.1) is 0 Å². The summed E-state index contributed by atoms with van der Waals surface area (Å²) in [6.07, 6.45) is 1.23. The van der Waals surface area contributed by atoms with Crippen LogP contribution in [0.15, 0.2) is 18.2 Å². The van der Waals surface area contributed by atoms with Gasteiger partial charge >= 0.3 is 0 Å². The normalized spacial score (nSPS) is 17.5. The monoisotopic (exact) mass is 262 g/mol. The maximum atomic E-state index is 5.51. The van der Waals surface area contributed by atoms with E-state index >= 15 is 0 Å². The van der Waals surface area contributed by atoms with Crippen molar-refractivity contribution in [1.82, 2.24) is 10.2 Å². The third-order valence-corrected chi connectivity index (χ3v) is 3.80. The molecule has 0 bridgehead atoms. The third-order valence-electron chi connectivity index (χ3n) is 3.80. The average Bonchev–Trinajstić information content (AvgIpc) is 2.67. The van der Waals surface area contributed by atoms with Gasteiger partial charge in [0.05, 0.1) is 7.11 Å². The lowest BCUT2D eigenvalue weighted by molar-refractivity contribution is 0.278. The molecule has 1 aliphatic rings. The number of methoxy groups -OCH3 is 1. The second-order valence-electron chi connectivity index (χ2n) is 5.61. The van der Waals surface area contributed by atoms with Gasteiger partial charge in [-0.25, -0.2) is 0 Å². The van der Waals surface area contributed by atoms with Crippen LogP contribution >= 0.6 is 0 Å². The second-order valence-corrected chi connectivity index (χ2v) is 5.61. The smallest absolute Gasteiger partial charge is 0.123 e. The Balaban J connectivity index is 2.14. The van der Waals surface area contributed by atoms with Crippen LogP contribution in [0.25, 0.3) is 0 Å². The Morgan fingerprint density at radius 1 is 1.26 bits per heavy atom. The van der Waals surface area contributed by atoms with Crippen molar-refractivity contribution in [3.63, 3.8) is 0 Å². The average molecular weight is 262 g/mol. The van der Waals surface area contributed by atoms with E-state index in [1.54, 1.807) is 7.11 Å². The summed E-state index contributed by atoms with van der Waals surface area (Å²) in [5.74, 6) is 1.58. The van der Waals surface area contributed by atoms with E-state index in [9.17, 15) is 0 Å². The molecule has 1 aromatic rings. The molecule has 19 heavy (non-hydrogen) atoms. The van der Waals surface area contributed by atoms with Gasteiger partial charge in [0.25, 0.3) is 0 Å². The fraction of sp³-hybridized carbons (Fsp3) is 0.625. The topological polar surface area (TPSA) is 24.5 Å². The number of nitrogens with zero attached hydrogens (tertiary/aromatic N) is 1. The van der Waals surface area contributed by atoms with Crippen LogP contribution < -0.4 is 10.1 Å². The molecule has 3 heteroatoms. The number of nitrogens with one attached hydrogen (secondary N) is 1. The molecule has 1 saturated heterocycles. The van der Waals surface area contributed by atoms with E-state index in [-0.39, 0.29) is 0 Å². The van der Waals surface area contributed by atoms with Crippen molar-refractivity contribution >= 4 is 0 Å². The van der Waals surface area contributed by atoms with Gasteiger partial charge < -0.3 is 10.1 Å². The minimum absolute atomic E-state index is 0.565. The molecule has 2 rings (SSSR count). The molecule has 1 aromatic carbocycles. The summed E-state index contributed by atoms with van der Waals surface area (Å²) in [6, 6.07) is 6.60. The van der Waals surface area contributed by atoms with Gasteiger partial charge in [0, 0.05) is 25.2 Å². The first-order chi connectivity index (χ1) is 9.20. The summed E-state index contributed by atoms with van der Waals surface area (Å²) in [6.45, 7) is 9.98. The van der Waals surface area contributed by atoms with Crippen molar-refractivity contribution in [1.29, 1.82) is 0 Å². The summed E-state index contributed by atoms with van der Waals surface area (Å²) < 4.78 is 5.51. The molecule has 1 N–H and O–H groups in total. The van der Waals surface area contributed by atoms with Crippen molar-refractivity contribution < 1.29 is 4.74 Å². The summed E-state index contributed by atoms with van der Waals surface area (Å²) in [5, 5.41) is 3.45. The predicted molar refractivity (Wildman–Crippen MR) is 79.8 cm³/mol. The first-order valence-electron chi connectivity index (χ1n) is 7.30.